The van der Waals surface area contributed by atoms with E-state index < -0.39 is 0 Å². The highest BCUT2D eigenvalue weighted by atomic mass is 79.9. The van der Waals surface area contributed by atoms with Crippen molar-refractivity contribution in [3.05, 3.63) is 55.9 Å². The molecule has 0 saturated heterocycles. The third kappa shape index (κ3) is 2.37. The molecule has 2 aromatic rings. The molecule has 0 aliphatic heterocycles. The van der Waals surface area contributed by atoms with Gasteiger partial charge in [-0.25, -0.2) is 0 Å². The van der Waals surface area contributed by atoms with E-state index in [1.165, 1.54) is 10.7 Å². The molecule has 0 spiro atoms. The Morgan fingerprint density at radius 2 is 2.06 bits per heavy atom. The maximum Gasteiger partial charge on any atom is 0.271 e. The second-order valence-electron chi connectivity index (χ2n) is 4.10. The van der Waals surface area contributed by atoms with Crippen LogP contribution in [0.2, 0.25) is 0 Å². The molecule has 0 radical (unpaired) electrons. The third-order valence-corrected chi connectivity index (χ3v) is 3.67. The average molecular weight is 309 g/mol. The Balaban J connectivity index is 2.61. The molecule has 0 fully saturated rings. The van der Waals surface area contributed by atoms with Crippen molar-refractivity contribution in [2.75, 3.05) is 0 Å². The summed E-state index contributed by atoms with van der Waals surface area (Å²) in [5.74, 6) is 0. The zero-order valence-electron chi connectivity index (χ0n) is 10.1. The molecular weight excluding hydrogens is 296 g/mol. The highest BCUT2D eigenvalue weighted by Crippen LogP contribution is 2.18. The lowest BCUT2D eigenvalue weighted by molar-refractivity contribution is 0.279. The Bertz CT molecular complexity index is 650. The van der Waals surface area contributed by atoms with E-state index in [0.717, 1.165) is 10.0 Å². The van der Waals surface area contributed by atoms with Gasteiger partial charge in [0.25, 0.3) is 5.56 Å². The smallest absolute Gasteiger partial charge is 0.271 e. The van der Waals surface area contributed by atoms with Gasteiger partial charge in [-0.15, -0.1) is 0 Å². The average Bonchev–Trinajstić information content (AvgIpc) is 2.35. The van der Waals surface area contributed by atoms with Crippen LogP contribution < -0.4 is 5.56 Å². The highest BCUT2D eigenvalue weighted by Gasteiger charge is 2.07. The van der Waals surface area contributed by atoms with Gasteiger partial charge < -0.3 is 5.11 Å². The van der Waals surface area contributed by atoms with Gasteiger partial charge in [0.05, 0.1) is 18.0 Å². The fraction of sp³-hybridized carbons (Fsp3) is 0.231. The van der Waals surface area contributed by atoms with Gasteiger partial charge in [0, 0.05) is 16.1 Å². The van der Waals surface area contributed by atoms with E-state index in [2.05, 4.69) is 21.0 Å². The van der Waals surface area contributed by atoms with Crippen LogP contribution in [0.3, 0.4) is 0 Å². The number of rotatable bonds is 2. The van der Waals surface area contributed by atoms with Gasteiger partial charge in [-0.3, -0.25) is 4.79 Å². The van der Waals surface area contributed by atoms with Gasteiger partial charge >= 0.3 is 0 Å². The molecule has 1 aromatic heterocycles. The van der Waals surface area contributed by atoms with Gasteiger partial charge in [0.15, 0.2) is 0 Å². The Kier molecular flexibility index (Phi) is 3.63. The summed E-state index contributed by atoms with van der Waals surface area (Å²) in [6.45, 7) is 3.55. The Labute approximate surface area is 113 Å². The first-order chi connectivity index (χ1) is 8.52. The summed E-state index contributed by atoms with van der Waals surface area (Å²) >= 11 is 3.42. The maximum atomic E-state index is 11.9. The van der Waals surface area contributed by atoms with Gasteiger partial charge in [-0.05, 0) is 37.6 Å². The van der Waals surface area contributed by atoms with E-state index >= 15 is 0 Å². The fourth-order valence-corrected chi connectivity index (χ4v) is 1.93. The molecule has 0 unspecified atom stereocenters. The maximum absolute atomic E-state index is 11.9. The first-order valence-electron chi connectivity index (χ1n) is 5.50. The minimum atomic E-state index is -0.244. The second-order valence-corrected chi connectivity index (χ2v) is 4.95. The molecule has 0 aliphatic rings. The summed E-state index contributed by atoms with van der Waals surface area (Å²) in [4.78, 5) is 11.9. The van der Waals surface area contributed by atoms with Crippen molar-refractivity contribution in [1.82, 2.24) is 9.78 Å². The summed E-state index contributed by atoms with van der Waals surface area (Å²) in [5.41, 5.74) is 2.72. The molecule has 0 bridgehead atoms. The molecule has 5 heteroatoms. The lowest BCUT2D eigenvalue weighted by Crippen LogP contribution is -2.22. The predicted octanol–water partition coefficient (Wildman–Crippen LogP) is 2.10. The van der Waals surface area contributed by atoms with Crippen molar-refractivity contribution in [3.8, 4) is 5.69 Å². The fourth-order valence-electron chi connectivity index (χ4n) is 1.68. The molecule has 94 valence electrons. The quantitative estimate of drug-likeness (QED) is 0.924. The minimum Gasteiger partial charge on any atom is -0.392 e. The minimum absolute atomic E-state index is 0.172. The molecule has 0 amide bonds. The summed E-state index contributed by atoms with van der Waals surface area (Å²) in [5, 5.41) is 13.3. The van der Waals surface area contributed by atoms with Crippen molar-refractivity contribution in [2.45, 2.75) is 20.5 Å². The van der Waals surface area contributed by atoms with E-state index in [4.69, 9.17) is 5.11 Å². The zero-order valence-corrected chi connectivity index (χ0v) is 11.7. The molecule has 1 aromatic carbocycles. The molecular formula is C13H13BrN2O2. The van der Waals surface area contributed by atoms with Crippen LogP contribution in [0.1, 0.15) is 16.8 Å². The molecule has 4 nitrogen and oxygen atoms in total. The SMILES string of the molecule is Cc1cc(-n2nc(C)c(CO)cc2=O)ccc1Br. The van der Waals surface area contributed by atoms with E-state index in [0.29, 0.717) is 16.9 Å². The van der Waals surface area contributed by atoms with Crippen LogP contribution in [-0.2, 0) is 6.61 Å². The molecule has 0 saturated carbocycles. The number of aliphatic hydroxyl groups is 1. The molecule has 1 N–H and O–H groups in total. The summed E-state index contributed by atoms with van der Waals surface area (Å²) in [6, 6.07) is 7.01. The van der Waals surface area contributed by atoms with Crippen LogP contribution in [0.15, 0.2) is 33.5 Å². The molecule has 0 aliphatic carbocycles. The van der Waals surface area contributed by atoms with Gasteiger partial charge in [0.2, 0.25) is 0 Å². The number of aryl methyl sites for hydroxylation is 2. The molecule has 18 heavy (non-hydrogen) atoms. The number of aromatic nitrogens is 2. The standard InChI is InChI=1S/C13H13BrN2O2/c1-8-5-11(3-4-12(8)14)16-13(18)6-10(7-17)9(2)15-16/h3-6,17H,7H2,1-2H3. The number of aliphatic hydroxyl groups excluding tert-OH is 1. The van der Waals surface area contributed by atoms with Crippen molar-refractivity contribution < 1.29 is 5.11 Å². The van der Waals surface area contributed by atoms with E-state index in [9.17, 15) is 4.79 Å². The highest BCUT2D eigenvalue weighted by molar-refractivity contribution is 9.10. The van der Waals surface area contributed by atoms with Gasteiger partial charge in [-0.2, -0.15) is 9.78 Å². The van der Waals surface area contributed by atoms with Gasteiger partial charge in [-0.1, -0.05) is 15.9 Å². The van der Waals surface area contributed by atoms with Gasteiger partial charge in [0.1, 0.15) is 0 Å². The number of hydrogen-bond donors (Lipinski definition) is 1. The van der Waals surface area contributed by atoms with Crippen LogP contribution in [0.5, 0.6) is 0 Å². The van der Waals surface area contributed by atoms with Crippen molar-refractivity contribution in [3.63, 3.8) is 0 Å². The summed E-state index contributed by atoms with van der Waals surface area (Å²) < 4.78 is 2.33. The first-order valence-corrected chi connectivity index (χ1v) is 6.29. The largest absolute Gasteiger partial charge is 0.392 e. The third-order valence-electron chi connectivity index (χ3n) is 2.78. The van der Waals surface area contributed by atoms with Crippen LogP contribution >= 0.6 is 15.9 Å². The predicted molar refractivity (Wildman–Crippen MR) is 72.9 cm³/mol. The van der Waals surface area contributed by atoms with Crippen LogP contribution in [0.25, 0.3) is 5.69 Å². The molecule has 2 rings (SSSR count). The number of hydrogen-bond acceptors (Lipinski definition) is 3. The van der Waals surface area contributed by atoms with Crippen molar-refractivity contribution in [2.24, 2.45) is 0 Å². The molecule has 0 atom stereocenters. The number of halogens is 1. The summed E-state index contributed by atoms with van der Waals surface area (Å²) in [7, 11) is 0. The monoisotopic (exact) mass is 308 g/mol. The normalized spacial score (nSPS) is 10.7. The van der Waals surface area contributed by atoms with E-state index in [1.54, 1.807) is 6.92 Å². The first kappa shape index (κ1) is 13.0. The molecule has 1 heterocycles. The van der Waals surface area contributed by atoms with Crippen LogP contribution in [0.4, 0.5) is 0 Å². The van der Waals surface area contributed by atoms with Crippen molar-refractivity contribution >= 4 is 15.9 Å². The zero-order chi connectivity index (χ0) is 13.3. The lowest BCUT2D eigenvalue weighted by Gasteiger charge is -2.09. The lowest BCUT2D eigenvalue weighted by atomic mass is 10.2. The Morgan fingerprint density at radius 3 is 2.67 bits per heavy atom. The van der Waals surface area contributed by atoms with E-state index in [-0.39, 0.29) is 12.2 Å². The number of benzene rings is 1. The second kappa shape index (κ2) is 5.04. The van der Waals surface area contributed by atoms with Crippen LogP contribution in [0, 0.1) is 13.8 Å². The van der Waals surface area contributed by atoms with Crippen LogP contribution in [-0.4, -0.2) is 14.9 Å². The Hall–Kier alpha value is -1.46. The Morgan fingerprint density at radius 1 is 1.33 bits per heavy atom. The van der Waals surface area contributed by atoms with Crippen molar-refractivity contribution in [1.29, 1.82) is 0 Å². The topological polar surface area (TPSA) is 55.1 Å². The summed E-state index contributed by atoms with van der Waals surface area (Å²) in [6.07, 6.45) is 0. The number of nitrogens with zero attached hydrogens (tertiary/aromatic N) is 2. The van der Waals surface area contributed by atoms with E-state index in [1.807, 2.05) is 25.1 Å².